The molecule has 1 aromatic rings. The van der Waals surface area contributed by atoms with E-state index in [9.17, 15) is 4.79 Å². The number of hydrogen-bond donors (Lipinski definition) is 2. The fourth-order valence-corrected chi connectivity index (χ4v) is 2.45. The van der Waals surface area contributed by atoms with Crippen LogP contribution in [0.1, 0.15) is 45.2 Å². The molecule has 1 atom stereocenters. The lowest BCUT2D eigenvalue weighted by Crippen LogP contribution is -2.41. The van der Waals surface area contributed by atoms with Crippen LogP contribution in [0.4, 0.5) is 0 Å². The van der Waals surface area contributed by atoms with E-state index in [4.69, 9.17) is 14.2 Å². The molecule has 0 saturated carbocycles. The van der Waals surface area contributed by atoms with Crippen LogP contribution in [0.3, 0.4) is 0 Å². The monoisotopic (exact) mass is 550 g/mol. The van der Waals surface area contributed by atoms with Gasteiger partial charge in [0.2, 0.25) is 5.91 Å². The van der Waals surface area contributed by atoms with Crippen LogP contribution in [0.15, 0.2) is 23.2 Å². The zero-order valence-electron chi connectivity index (χ0n) is 19.7. The number of rotatable bonds is 13. The number of benzene rings is 1. The van der Waals surface area contributed by atoms with Crippen molar-refractivity contribution < 1.29 is 19.0 Å². The molecule has 1 unspecified atom stereocenters. The highest BCUT2D eigenvalue weighted by Crippen LogP contribution is 2.31. The Labute approximate surface area is 204 Å². The average Bonchev–Trinajstić information content (AvgIpc) is 2.74. The van der Waals surface area contributed by atoms with Crippen molar-refractivity contribution in [1.82, 2.24) is 15.5 Å². The molecule has 8 nitrogen and oxygen atoms in total. The minimum atomic E-state index is -0.0665. The lowest BCUT2D eigenvalue weighted by Gasteiger charge is -2.20. The first-order valence-electron chi connectivity index (χ1n) is 10.6. The highest BCUT2D eigenvalue weighted by molar-refractivity contribution is 14.0. The van der Waals surface area contributed by atoms with Crippen molar-refractivity contribution >= 4 is 35.8 Å². The highest BCUT2D eigenvalue weighted by atomic mass is 127. The quantitative estimate of drug-likeness (QED) is 0.170. The van der Waals surface area contributed by atoms with Gasteiger partial charge in [0.05, 0.1) is 25.9 Å². The number of amides is 1. The average molecular weight is 550 g/mol. The fourth-order valence-electron chi connectivity index (χ4n) is 2.45. The Morgan fingerprint density at radius 1 is 1.10 bits per heavy atom. The summed E-state index contributed by atoms with van der Waals surface area (Å²) in [5.74, 6) is 1.98. The van der Waals surface area contributed by atoms with E-state index < -0.39 is 0 Å². The van der Waals surface area contributed by atoms with Gasteiger partial charge < -0.3 is 29.7 Å². The first kappa shape index (κ1) is 29.2. The Kier molecular flexibility index (Phi) is 15.9. The SMILES string of the molecule is CCCOc1ccc(C(C)NC(=NCC(=O)N(C)C)NCCOC)cc1OCCC.I. The summed E-state index contributed by atoms with van der Waals surface area (Å²) in [7, 11) is 5.07. The van der Waals surface area contributed by atoms with E-state index in [0.29, 0.717) is 32.3 Å². The van der Waals surface area contributed by atoms with E-state index in [0.717, 1.165) is 29.9 Å². The van der Waals surface area contributed by atoms with E-state index >= 15 is 0 Å². The minimum Gasteiger partial charge on any atom is -0.490 e. The van der Waals surface area contributed by atoms with Crippen molar-refractivity contribution in [3.8, 4) is 11.5 Å². The zero-order valence-corrected chi connectivity index (χ0v) is 22.0. The molecule has 31 heavy (non-hydrogen) atoms. The van der Waals surface area contributed by atoms with Gasteiger partial charge in [-0.05, 0) is 37.5 Å². The number of halogens is 1. The van der Waals surface area contributed by atoms with Crippen molar-refractivity contribution in [2.75, 3.05) is 54.1 Å². The van der Waals surface area contributed by atoms with Crippen LogP contribution < -0.4 is 20.1 Å². The Morgan fingerprint density at radius 3 is 2.32 bits per heavy atom. The molecule has 0 aliphatic rings. The van der Waals surface area contributed by atoms with Crippen LogP contribution in [-0.4, -0.2) is 70.9 Å². The summed E-state index contributed by atoms with van der Waals surface area (Å²) < 4.78 is 16.8. The molecule has 0 aromatic heterocycles. The second-order valence-corrected chi connectivity index (χ2v) is 7.14. The maximum absolute atomic E-state index is 11.9. The number of aliphatic imine (C=N–C) groups is 1. The van der Waals surface area contributed by atoms with Crippen molar-refractivity contribution in [2.24, 2.45) is 4.99 Å². The number of methoxy groups -OCH3 is 1. The van der Waals surface area contributed by atoms with Gasteiger partial charge in [-0.15, -0.1) is 24.0 Å². The van der Waals surface area contributed by atoms with Gasteiger partial charge in [0.15, 0.2) is 17.5 Å². The van der Waals surface area contributed by atoms with Gasteiger partial charge in [-0.2, -0.15) is 0 Å². The van der Waals surface area contributed by atoms with Crippen LogP contribution in [0, 0.1) is 0 Å². The molecule has 0 aliphatic carbocycles. The maximum Gasteiger partial charge on any atom is 0.243 e. The maximum atomic E-state index is 11.9. The molecular formula is C22H39IN4O4. The summed E-state index contributed by atoms with van der Waals surface area (Å²) in [6, 6.07) is 5.89. The molecule has 0 radical (unpaired) electrons. The van der Waals surface area contributed by atoms with E-state index in [2.05, 4.69) is 29.5 Å². The Bertz CT molecular complexity index is 671. The standard InChI is InChI=1S/C22H38N4O4.HI/c1-7-12-29-19-10-9-18(15-20(19)30-13-8-2)17(3)25-22(23-11-14-28-6)24-16-21(27)26(4)5;/h9-10,15,17H,7-8,11-14,16H2,1-6H3,(H2,23,24,25);1H. The van der Waals surface area contributed by atoms with Crippen LogP contribution in [0.25, 0.3) is 0 Å². The number of guanidine groups is 1. The lowest BCUT2D eigenvalue weighted by molar-refractivity contribution is -0.127. The number of nitrogens with zero attached hydrogens (tertiary/aromatic N) is 2. The molecule has 178 valence electrons. The Hall–Kier alpha value is -1.75. The smallest absolute Gasteiger partial charge is 0.243 e. The van der Waals surface area contributed by atoms with Crippen LogP contribution >= 0.6 is 24.0 Å². The van der Waals surface area contributed by atoms with E-state index in [1.807, 2.05) is 25.1 Å². The summed E-state index contributed by atoms with van der Waals surface area (Å²) in [5, 5.41) is 6.54. The Morgan fingerprint density at radius 2 is 1.74 bits per heavy atom. The predicted octanol–water partition coefficient (Wildman–Crippen LogP) is 3.21. The normalized spacial score (nSPS) is 11.9. The molecule has 0 bridgehead atoms. The molecule has 0 saturated heterocycles. The molecular weight excluding hydrogens is 511 g/mol. The molecule has 2 N–H and O–H groups in total. The number of carbonyl (C=O) groups excluding carboxylic acids is 1. The Balaban J connectivity index is 0.00000900. The fraction of sp³-hybridized carbons (Fsp3) is 0.636. The van der Waals surface area contributed by atoms with Crippen molar-refractivity contribution in [3.63, 3.8) is 0 Å². The number of carbonyl (C=O) groups is 1. The largest absolute Gasteiger partial charge is 0.490 e. The third-order valence-electron chi connectivity index (χ3n) is 4.21. The molecule has 0 aliphatic heterocycles. The van der Waals surface area contributed by atoms with Gasteiger partial charge >= 0.3 is 0 Å². The lowest BCUT2D eigenvalue weighted by atomic mass is 10.1. The van der Waals surface area contributed by atoms with E-state index in [1.165, 1.54) is 4.90 Å². The molecule has 0 fully saturated rings. The van der Waals surface area contributed by atoms with Gasteiger partial charge in [-0.3, -0.25) is 4.79 Å². The second-order valence-electron chi connectivity index (χ2n) is 7.14. The number of nitrogens with one attached hydrogen (secondary N) is 2. The third kappa shape index (κ3) is 11.4. The van der Waals surface area contributed by atoms with Gasteiger partial charge in [0.25, 0.3) is 0 Å². The molecule has 1 aromatic carbocycles. The van der Waals surface area contributed by atoms with Crippen molar-refractivity contribution in [3.05, 3.63) is 23.8 Å². The topological polar surface area (TPSA) is 84.4 Å². The molecule has 0 heterocycles. The number of likely N-dealkylation sites (N-methyl/N-ethyl adjacent to an activating group) is 1. The van der Waals surface area contributed by atoms with E-state index in [-0.39, 0.29) is 42.5 Å². The van der Waals surface area contributed by atoms with Crippen molar-refractivity contribution in [1.29, 1.82) is 0 Å². The molecule has 9 heteroatoms. The molecule has 1 amide bonds. The van der Waals surface area contributed by atoms with Gasteiger partial charge in [0.1, 0.15) is 6.54 Å². The number of ether oxygens (including phenoxy) is 3. The molecule has 0 spiro atoms. The summed E-state index contributed by atoms with van der Waals surface area (Å²) in [4.78, 5) is 17.8. The van der Waals surface area contributed by atoms with Crippen LogP contribution in [-0.2, 0) is 9.53 Å². The zero-order chi connectivity index (χ0) is 22.4. The van der Waals surface area contributed by atoms with Crippen molar-refractivity contribution in [2.45, 2.75) is 39.7 Å². The van der Waals surface area contributed by atoms with E-state index in [1.54, 1.807) is 21.2 Å². The summed E-state index contributed by atoms with van der Waals surface area (Å²) >= 11 is 0. The summed E-state index contributed by atoms with van der Waals surface area (Å²) in [5.41, 5.74) is 1.03. The highest BCUT2D eigenvalue weighted by Gasteiger charge is 2.13. The van der Waals surface area contributed by atoms with Gasteiger partial charge in [-0.1, -0.05) is 19.9 Å². The minimum absolute atomic E-state index is 0. The van der Waals surface area contributed by atoms with Gasteiger partial charge in [-0.25, -0.2) is 4.99 Å². The van der Waals surface area contributed by atoms with Crippen LogP contribution in [0.2, 0.25) is 0 Å². The first-order valence-corrected chi connectivity index (χ1v) is 10.6. The first-order chi connectivity index (χ1) is 14.4. The molecule has 1 rings (SSSR count). The number of hydrogen-bond acceptors (Lipinski definition) is 5. The second kappa shape index (κ2) is 16.9. The summed E-state index contributed by atoms with van der Waals surface area (Å²) in [6.45, 7) is 8.65. The third-order valence-corrected chi connectivity index (χ3v) is 4.21. The summed E-state index contributed by atoms with van der Waals surface area (Å²) in [6.07, 6.45) is 1.86. The van der Waals surface area contributed by atoms with Gasteiger partial charge in [0, 0.05) is 27.7 Å². The van der Waals surface area contributed by atoms with Crippen LogP contribution in [0.5, 0.6) is 11.5 Å². The predicted molar refractivity (Wildman–Crippen MR) is 136 cm³/mol.